The van der Waals surface area contributed by atoms with Crippen molar-refractivity contribution < 1.29 is 24.2 Å². The first kappa shape index (κ1) is 20.8. The maximum absolute atomic E-state index is 13.6. The number of nitrogens with one attached hydrogen (secondary N) is 2. The second kappa shape index (κ2) is 10.0. The lowest BCUT2D eigenvalue weighted by Gasteiger charge is -2.14. The Morgan fingerprint density at radius 2 is 2.04 bits per heavy atom. The van der Waals surface area contributed by atoms with Gasteiger partial charge in [0.05, 0.1) is 41.3 Å². The summed E-state index contributed by atoms with van der Waals surface area (Å²) in [5.41, 5.74) is 3.13. The molecule has 26 heavy (non-hydrogen) atoms. The number of hydroxylamine groups is 1. The summed E-state index contributed by atoms with van der Waals surface area (Å²) in [5, 5.41) is 21.3. The van der Waals surface area contributed by atoms with Crippen LogP contribution >= 0.6 is 34.2 Å². The summed E-state index contributed by atoms with van der Waals surface area (Å²) in [6, 6.07) is 8.94. The minimum absolute atomic E-state index is 0.0143. The standard InChI is InChI=1S/C17H17ClFIN2O4/c18-14-8-11(20)2-4-15(14)21-16-7-10(19)1-3-13(16)17(25)22-26-6-5-12(24)9-23/h1-4,7-8,12,21,23-24H,5-6,9H2,(H,22,25). The number of rotatable bonds is 8. The van der Waals surface area contributed by atoms with Crippen LogP contribution in [-0.2, 0) is 4.84 Å². The van der Waals surface area contributed by atoms with Crippen molar-refractivity contribution in [1.29, 1.82) is 0 Å². The second-order valence-corrected chi connectivity index (χ2v) is 7.00. The molecule has 2 rings (SSSR count). The molecule has 1 atom stereocenters. The highest BCUT2D eigenvalue weighted by Gasteiger charge is 2.14. The largest absolute Gasteiger partial charge is 0.394 e. The van der Waals surface area contributed by atoms with E-state index in [1.807, 2.05) is 6.07 Å². The zero-order chi connectivity index (χ0) is 19.1. The Hall–Kier alpha value is -1.46. The molecular weight excluding hydrogens is 478 g/mol. The zero-order valence-electron chi connectivity index (χ0n) is 13.5. The first-order valence-electron chi connectivity index (χ1n) is 7.63. The van der Waals surface area contributed by atoms with Crippen molar-refractivity contribution in [3.63, 3.8) is 0 Å². The summed E-state index contributed by atoms with van der Waals surface area (Å²) in [6.45, 7) is -0.375. The van der Waals surface area contributed by atoms with E-state index < -0.39 is 17.8 Å². The molecule has 140 valence electrons. The topological polar surface area (TPSA) is 90.8 Å². The molecule has 0 aliphatic rings. The molecule has 0 fully saturated rings. The highest BCUT2D eigenvalue weighted by molar-refractivity contribution is 14.1. The van der Waals surface area contributed by atoms with Crippen molar-refractivity contribution in [2.75, 3.05) is 18.5 Å². The highest BCUT2D eigenvalue weighted by Crippen LogP contribution is 2.29. The molecular formula is C17H17ClFIN2O4. The van der Waals surface area contributed by atoms with Crippen LogP contribution in [0.5, 0.6) is 0 Å². The fourth-order valence-electron chi connectivity index (χ4n) is 2.01. The number of aliphatic hydroxyl groups is 2. The van der Waals surface area contributed by atoms with Gasteiger partial charge in [-0.25, -0.2) is 9.87 Å². The third kappa shape index (κ3) is 6.06. The van der Waals surface area contributed by atoms with Crippen molar-refractivity contribution in [2.45, 2.75) is 12.5 Å². The summed E-state index contributed by atoms with van der Waals surface area (Å²) < 4.78 is 14.6. The van der Waals surface area contributed by atoms with E-state index in [-0.39, 0.29) is 30.9 Å². The molecule has 0 aliphatic heterocycles. The summed E-state index contributed by atoms with van der Waals surface area (Å²) >= 11 is 8.28. The molecule has 0 bridgehead atoms. The van der Waals surface area contributed by atoms with Crippen molar-refractivity contribution in [3.8, 4) is 0 Å². The molecule has 0 aromatic heterocycles. The van der Waals surface area contributed by atoms with E-state index in [0.717, 1.165) is 9.64 Å². The summed E-state index contributed by atoms with van der Waals surface area (Å²) in [7, 11) is 0. The molecule has 0 radical (unpaired) electrons. The van der Waals surface area contributed by atoms with Gasteiger partial charge in [-0.3, -0.25) is 9.63 Å². The Morgan fingerprint density at radius 3 is 2.73 bits per heavy atom. The van der Waals surface area contributed by atoms with Crippen molar-refractivity contribution >= 4 is 51.5 Å². The van der Waals surface area contributed by atoms with Crippen LogP contribution in [0.2, 0.25) is 5.02 Å². The Morgan fingerprint density at radius 1 is 1.27 bits per heavy atom. The Labute approximate surface area is 168 Å². The normalized spacial score (nSPS) is 11.9. The number of benzene rings is 2. The third-order valence-corrected chi connectivity index (χ3v) is 4.34. The van der Waals surface area contributed by atoms with Gasteiger partial charge in [0.2, 0.25) is 0 Å². The van der Waals surface area contributed by atoms with Crippen molar-refractivity contribution in [2.24, 2.45) is 0 Å². The first-order chi connectivity index (χ1) is 12.4. The number of aliphatic hydroxyl groups excluding tert-OH is 2. The zero-order valence-corrected chi connectivity index (χ0v) is 16.4. The lowest BCUT2D eigenvalue weighted by atomic mass is 10.1. The molecule has 4 N–H and O–H groups in total. The lowest BCUT2D eigenvalue weighted by molar-refractivity contribution is 0.00706. The van der Waals surface area contributed by atoms with E-state index in [9.17, 15) is 14.3 Å². The van der Waals surface area contributed by atoms with E-state index in [0.29, 0.717) is 10.7 Å². The maximum Gasteiger partial charge on any atom is 0.276 e. The Bertz CT molecular complexity index is 778. The van der Waals surface area contributed by atoms with Crippen LogP contribution in [0.4, 0.5) is 15.8 Å². The summed E-state index contributed by atoms with van der Waals surface area (Å²) in [4.78, 5) is 17.3. The van der Waals surface area contributed by atoms with Crippen LogP contribution in [0.25, 0.3) is 0 Å². The van der Waals surface area contributed by atoms with Gasteiger partial charge in [-0.15, -0.1) is 0 Å². The summed E-state index contributed by atoms with van der Waals surface area (Å²) in [5.74, 6) is -1.11. The van der Waals surface area contributed by atoms with Crippen LogP contribution in [0, 0.1) is 9.39 Å². The minimum Gasteiger partial charge on any atom is -0.394 e. The Balaban J connectivity index is 2.10. The number of amides is 1. The number of hydrogen-bond donors (Lipinski definition) is 4. The van der Waals surface area contributed by atoms with E-state index in [1.54, 1.807) is 12.1 Å². The van der Waals surface area contributed by atoms with Gasteiger partial charge in [0.1, 0.15) is 5.82 Å². The van der Waals surface area contributed by atoms with E-state index in [4.69, 9.17) is 21.5 Å². The number of carbonyl (C=O) groups is 1. The van der Waals surface area contributed by atoms with Gasteiger partial charge in [0.15, 0.2) is 0 Å². The smallest absolute Gasteiger partial charge is 0.276 e. The minimum atomic E-state index is -0.919. The SMILES string of the molecule is O=C(NOCCC(O)CO)c1ccc(F)cc1Nc1ccc(I)cc1Cl. The van der Waals surface area contributed by atoms with Gasteiger partial charge in [-0.2, -0.15) is 0 Å². The predicted octanol–water partition coefficient (Wildman–Crippen LogP) is 3.23. The predicted molar refractivity (Wildman–Crippen MR) is 105 cm³/mol. The average molecular weight is 495 g/mol. The molecule has 9 heteroatoms. The molecule has 6 nitrogen and oxygen atoms in total. The molecule has 0 spiro atoms. The van der Waals surface area contributed by atoms with Crippen LogP contribution in [-0.4, -0.2) is 35.4 Å². The molecule has 0 heterocycles. The quantitative estimate of drug-likeness (QED) is 0.257. The molecule has 0 saturated heterocycles. The number of carbonyl (C=O) groups excluding carboxylic acids is 1. The van der Waals surface area contributed by atoms with E-state index in [1.165, 1.54) is 12.1 Å². The molecule has 0 saturated carbocycles. The molecule has 2 aromatic carbocycles. The monoisotopic (exact) mass is 494 g/mol. The number of halogens is 3. The lowest BCUT2D eigenvalue weighted by Crippen LogP contribution is -2.26. The fraction of sp³-hybridized carbons (Fsp3) is 0.235. The van der Waals surface area contributed by atoms with Gasteiger partial charge < -0.3 is 15.5 Å². The number of anilines is 2. The van der Waals surface area contributed by atoms with Crippen LogP contribution in [0.15, 0.2) is 36.4 Å². The van der Waals surface area contributed by atoms with Gasteiger partial charge in [0.25, 0.3) is 5.91 Å². The molecule has 0 aliphatic carbocycles. The third-order valence-electron chi connectivity index (χ3n) is 3.36. The fourth-order valence-corrected chi connectivity index (χ4v) is 2.91. The van der Waals surface area contributed by atoms with Gasteiger partial charge in [0, 0.05) is 9.99 Å². The van der Waals surface area contributed by atoms with Gasteiger partial charge in [-0.05, 0) is 59.0 Å². The van der Waals surface area contributed by atoms with E-state index in [2.05, 4.69) is 33.4 Å². The Kier molecular flexibility index (Phi) is 8.04. The van der Waals surface area contributed by atoms with Crippen LogP contribution < -0.4 is 10.8 Å². The van der Waals surface area contributed by atoms with Crippen LogP contribution in [0.1, 0.15) is 16.8 Å². The van der Waals surface area contributed by atoms with E-state index >= 15 is 0 Å². The summed E-state index contributed by atoms with van der Waals surface area (Å²) in [6.07, 6.45) is -0.762. The second-order valence-electron chi connectivity index (χ2n) is 5.34. The van der Waals surface area contributed by atoms with Gasteiger partial charge >= 0.3 is 0 Å². The van der Waals surface area contributed by atoms with Gasteiger partial charge in [-0.1, -0.05) is 11.6 Å². The number of hydrogen-bond acceptors (Lipinski definition) is 5. The van der Waals surface area contributed by atoms with Crippen LogP contribution in [0.3, 0.4) is 0 Å². The first-order valence-corrected chi connectivity index (χ1v) is 9.09. The molecule has 2 aromatic rings. The molecule has 1 unspecified atom stereocenters. The van der Waals surface area contributed by atoms with Crippen molar-refractivity contribution in [1.82, 2.24) is 5.48 Å². The average Bonchev–Trinajstić information content (AvgIpc) is 2.60. The van der Waals surface area contributed by atoms with Crippen molar-refractivity contribution in [3.05, 3.63) is 56.4 Å². The maximum atomic E-state index is 13.6. The molecule has 1 amide bonds. The highest BCUT2D eigenvalue weighted by atomic mass is 127.